The van der Waals surface area contributed by atoms with Gasteiger partial charge in [0, 0.05) is 34.8 Å². The average Bonchev–Trinajstić information content (AvgIpc) is 2.97. The van der Waals surface area contributed by atoms with Crippen molar-refractivity contribution >= 4 is 34.8 Å². The summed E-state index contributed by atoms with van der Waals surface area (Å²) in [6.07, 6.45) is 12.0. The highest BCUT2D eigenvalue weighted by Gasteiger charge is 2.30. The fourth-order valence-corrected chi connectivity index (χ4v) is 7.72. The van der Waals surface area contributed by atoms with E-state index in [4.69, 9.17) is 0 Å². The number of nitrogens with one attached hydrogen (secondary N) is 3. The Hall–Kier alpha value is -2.37. The monoisotopic (exact) mass is 595 g/mol. The van der Waals surface area contributed by atoms with E-state index in [2.05, 4.69) is 57.5 Å². The fraction of sp³-hybridized carbons (Fsp3) is 0.757. The Kier molecular flexibility index (Phi) is 13.1. The van der Waals surface area contributed by atoms with Gasteiger partial charge in [0.05, 0.1) is 0 Å². The van der Waals surface area contributed by atoms with E-state index in [9.17, 15) is 14.4 Å². The SMILES string of the molecule is C.CC(C)C1CCC(C(=O)Nc2cc(NC(=O)C3CCC(C(C)C)CC3)cc(NC(=O)C3CCC(C(C)C)CC3)c2)CC1. The summed E-state index contributed by atoms with van der Waals surface area (Å²) < 4.78 is 0. The molecular formula is C37H61N3O3. The number of amides is 3. The molecule has 0 bridgehead atoms. The van der Waals surface area contributed by atoms with Gasteiger partial charge in [-0.3, -0.25) is 14.4 Å². The minimum absolute atomic E-state index is 0. The lowest BCUT2D eigenvalue weighted by atomic mass is 9.76. The zero-order chi connectivity index (χ0) is 30.4. The first-order chi connectivity index (χ1) is 20.0. The standard InChI is InChI=1S/C36H57N3O3.CH4/c1-22(2)25-7-13-28(14-8-25)34(40)37-31-19-32(38-35(41)29-15-9-26(10-16-29)23(3)4)21-33(20-31)39-36(42)30-17-11-27(12-18-30)24(5)6;/h19-30H,7-18H2,1-6H3,(H,37,40)(H,38,41)(H,39,42);1H4. The van der Waals surface area contributed by atoms with Crippen LogP contribution >= 0.6 is 0 Å². The number of hydrogen-bond acceptors (Lipinski definition) is 3. The summed E-state index contributed by atoms with van der Waals surface area (Å²) >= 11 is 0. The van der Waals surface area contributed by atoms with Crippen LogP contribution in [0.3, 0.4) is 0 Å². The van der Waals surface area contributed by atoms with Gasteiger partial charge in [-0.2, -0.15) is 0 Å². The van der Waals surface area contributed by atoms with E-state index in [0.29, 0.717) is 52.6 Å². The number of carbonyl (C=O) groups excluding carboxylic acids is 3. The zero-order valence-electron chi connectivity index (χ0n) is 27.1. The molecule has 1 aromatic carbocycles. The molecule has 0 radical (unpaired) electrons. The summed E-state index contributed by atoms with van der Waals surface area (Å²) in [6, 6.07) is 5.54. The highest BCUT2D eigenvalue weighted by atomic mass is 16.2. The van der Waals surface area contributed by atoms with Crippen molar-refractivity contribution in [3.8, 4) is 0 Å². The minimum Gasteiger partial charge on any atom is -0.326 e. The highest BCUT2D eigenvalue weighted by Crippen LogP contribution is 2.37. The Morgan fingerprint density at radius 2 is 0.674 bits per heavy atom. The lowest BCUT2D eigenvalue weighted by Crippen LogP contribution is -2.30. The second-order valence-electron chi connectivity index (χ2n) is 14.8. The Morgan fingerprint density at radius 3 is 0.860 bits per heavy atom. The molecule has 3 aliphatic rings. The van der Waals surface area contributed by atoms with E-state index in [1.54, 1.807) is 0 Å². The Labute approximate surface area is 262 Å². The second kappa shape index (κ2) is 16.1. The van der Waals surface area contributed by atoms with E-state index < -0.39 is 0 Å². The van der Waals surface area contributed by atoms with Gasteiger partial charge in [-0.15, -0.1) is 0 Å². The predicted octanol–water partition coefficient (Wildman–Crippen LogP) is 9.53. The third-order valence-electron chi connectivity index (χ3n) is 11.0. The molecule has 0 saturated heterocycles. The van der Waals surface area contributed by atoms with Crippen LogP contribution < -0.4 is 16.0 Å². The molecule has 3 aliphatic carbocycles. The summed E-state index contributed by atoms with van der Waals surface area (Å²) in [5.41, 5.74) is 1.89. The number of anilines is 3. The van der Waals surface area contributed by atoms with Crippen LogP contribution in [0.4, 0.5) is 17.1 Å². The van der Waals surface area contributed by atoms with Crippen molar-refractivity contribution in [3.63, 3.8) is 0 Å². The van der Waals surface area contributed by atoms with Crippen LogP contribution in [0.25, 0.3) is 0 Å². The van der Waals surface area contributed by atoms with Crippen molar-refractivity contribution in [3.05, 3.63) is 18.2 Å². The largest absolute Gasteiger partial charge is 0.326 e. The van der Waals surface area contributed by atoms with E-state index in [-0.39, 0.29) is 42.9 Å². The molecule has 3 fully saturated rings. The number of carbonyl (C=O) groups is 3. The lowest BCUT2D eigenvalue weighted by molar-refractivity contribution is -0.121. The first kappa shape index (κ1) is 35.1. The zero-order valence-corrected chi connectivity index (χ0v) is 27.1. The summed E-state index contributed by atoms with van der Waals surface area (Å²) in [5, 5.41) is 9.41. The molecule has 1 aromatic rings. The van der Waals surface area contributed by atoms with Crippen LogP contribution in [0.1, 0.15) is 126 Å². The van der Waals surface area contributed by atoms with Gasteiger partial charge in [0.2, 0.25) is 17.7 Å². The van der Waals surface area contributed by atoms with Gasteiger partial charge in [0.25, 0.3) is 0 Å². The van der Waals surface area contributed by atoms with Gasteiger partial charge in [-0.1, -0.05) is 49.0 Å². The van der Waals surface area contributed by atoms with Gasteiger partial charge < -0.3 is 16.0 Å². The number of benzene rings is 1. The van der Waals surface area contributed by atoms with Crippen molar-refractivity contribution in [1.82, 2.24) is 0 Å². The molecule has 6 heteroatoms. The van der Waals surface area contributed by atoms with Crippen molar-refractivity contribution in [1.29, 1.82) is 0 Å². The smallest absolute Gasteiger partial charge is 0.227 e. The maximum absolute atomic E-state index is 13.3. The summed E-state index contributed by atoms with van der Waals surface area (Å²) in [6.45, 7) is 13.6. The van der Waals surface area contributed by atoms with Gasteiger partial charge in [0.15, 0.2) is 0 Å². The Morgan fingerprint density at radius 1 is 0.465 bits per heavy atom. The van der Waals surface area contributed by atoms with Crippen LogP contribution in [0.15, 0.2) is 18.2 Å². The lowest BCUT2D eigenvalue weighted by Gasteiger charge is -2.31. The van der Waals surface area contributed by atoms with Crippen LogP contribution in [0.5, 0.6) is 0 Å². The molecule has 0 aromatic heterocycles. The molecule has 43 heavy (non-hydrogen) atoms. The highest BCUT2D eigenvalue weighted by molar-refractivity contribution is 5.99. The first-order valence-electron chi connectivity index (χ1n) is 17.1. The van der Waals surface area contributed by atoms with E-state index in [1.165, 1.54) is 0 Å². The van der Waals surface area contributed by atoms with Gasteiger partial charge >= 0.3 is 0 Å². The number of rotatable bonds is 9. The normalized spacial score (nSPS) is 27.8. The number of hydrogen-bond donors (Lipinski definition) is 3. The summed E-state index contributed by atoms with van der Waals surface area (Å²) in [4.78, 5) is 39.9. The molecule has 0 aliphatic heterocycles. The van der Waals surface area contributed by atoms with Crippen molar-refractivity contribution in [2.24, 2.45) is 53.3 Å². The van der Waals surface area contributed by atoms with E-state index in [0.717, 1.165) is 77.0 Å². The van der Waals surface area contributed by atoms with Crippen molar-refractivity contribution < 1.29 is 14.4 Å². The molecular weight excluding hydrogens is 534 g/mol. The molecule has 242 valence electrons. The van der Waals surface area contributed by atoms with Crippen molar-refractivity contribution in [2.45, 2.75) is 126 Å². The molecule has 0 spiro atoms. The summed E-state index contributed by atoms with van der Waals surface area (Å²) in [7, 11) is 0. The summed E-state index contributed by atoms with van der Waals surface area (Å²) in [5.74, 6) is 4.17. The van der Waals surface area contributed by atoms with Crippen LogP contribution in [0.2, 0.25) is 0 Å². The molecule has 3 amide bonds. The van der Waals surface area contributed by atoms with Crippen molar-refractivity contribution in [2.75, 3.05) is 16.0 Å². The maximum atomic E-state index is 13.3. The molecule has 0 heterocycles. The molecule has 0 unspecified atom stereocenters. The minimum atomic E-state index is 0. The third-order valence-corrected chi connectivity index (χ3v) is 11.0. The second-order valence-corrected chi connectivity index (χ2v) is 14.8. The molecule has 0 atom stereocenters. The molecule has 3 N–H and O–H groups in total. The first-order valence-corrected chi connectivity index (χ1v) is 17.1. The fourth-order valence-electron chi connectivity index (χ4n) is 7.72. The topological polar surface area (TPSA) is 87.3 Å². The predicted molar refractivity (Wildman–Crippen MR) is 180 cm³/mol. The average molecular weight is 596 g/mol. The quantitative estimate of drug-likeness (QED) is 0.266. The van der Waals surface area contributed by atoms with Crippen LogP contribution in [0, 0.1) is 53.3 Å². The van der Waals surface area contributed by atoms with Gasteiger partial charge in [-0.25, -0.2) is 0 Å². The Bertz CT molecular complexity index is 911. The Balaban J connectivity index is 0.00000506. The van der Waals surface area contributed by atoms with E-state index in [1.807, 2.05) is 18.2 Å². The maximum Gasteiger partial charge on any atom is 0.227 e. The van der Waals surface area contributed by atoms with Gasteiger partial charge in [0.1, 0.15) is 0 Å². The van der Waals surface area contributed by atoms with Gasteiger partial charge in [-0.05, 0) is 131 Å². The third kappa shape index (κ3) is 9.81. The molecule has 4 rings (SSSR count). The van der Waals surface area contributed by atoms with Crippen LogP contribution in [-0.2, 0) is 14.4 Å². The van der Waals surface area contributed by atoms with Crippen LogP contribution in [-0.4, -0.2) is 17.7 Å². The molecule has 6 nitrogen and oxygen atoms in total. The van der Waals surface area contributed by atoms with E-state index >= 15 is 0 Å². The molecule has 3 saturated carbocycles.